The molecule has 0 saturated heterocycles. The third-order valence-electron chi connectivity index (χ3n) is 3.79. The van der Waals surface area contributed by atoms with Crippen LogP contribution in [0, 0.1) is 0 Å². The molecule has 4 heteroatoms. The second kappa shape index (κ2) is 7.41. The zero-order chi connectivity index (χ0) is 14.4. The molecule has 0 atom stereocenters. The number of nitrogens with one attached hydrogen (secondary N) is 1. The first kappa shape index (κ1) is 15.0. The summed E-state index contributed by atoms with van der Waals surface area (Å²) in [6, 6.07) is 8.49. The number of anilines is 1. The molecule has 0 bridgehead atoms. The molecule has 110 valence electrons. The van der Waals surface area contributed by atoms with Crippen molar-refractivity contribution in [1.82, 2.24) is 4.90 Å². The molecule has 1 aliphatic rings. The number of benzene rings is 1. The highest BCUT2D eigenvalue weighted by molar-refractivity contribution is 5.90. The van der Waals surface area contributed by atoms with E-state index in [0.29, 0.717) is 13.0 Å². The summed E-state index contributed by atoms with van der Waals surface area (Å²) < 4.78 is 0. The van der Waals surface area contributed by atoms with E-state index >= 15 is 0 Å². The third kappa shape index (κ3) is 4.62. The molecule has 1 fully saturated rings. The normalized spacial score (nSPS) is 14.6. The van der Waals surface area contributed by atoms with Crippen molar-refractivity contribution in [2.45, 2.75) is 45.2 Å². The van der Waals surface area contributed by atoms with Crippen molar-refractivity contribution in [3.63, 3.8) is 0 Å². The van der Waals surface area contributed by atoms with Gasteiger partial charge >= 0.3 is 0 Å². The van der Waals surface area contributed by atoms with Gasteiger partial charge in [-0.2, -0.15) is 0 Å². The van der Waals surface area contributed by atoms with Crippen molar-refractivity contribution >= 4 is 11.6 Å². The Bertz CT molecular complexity index is 426. The van der Waals surface area contributed by atoms with Gasteiger partial charge in [-0.25, -0.2) is 0 Å². The number of hydrogen-bond acceptors (Lipinski definition) is 3. The average molecular weight is 275 g/mol. The zero-order valence-electron chi connectivity index (χ0n) is 12.3. The van der Waals surface area contributed by atoms with Gasteiger partial charge in [0.1, 0.15) is 0 Å². The number of rotatable bonds is 8. The SMILES string of the molecule is CCN(CCCC(=O)Nc1ccc(CN)cc1)C1CC1. The number of amides is 1. The summed E-state index contributed by atoms with van der Waals surface area (Å²) in [6.07, 6.45) is 4.17. The summed E-state index contributed by atoms with van der Waals surface area (Å²) in [5, 5.41) is 2.93. The van der Waals surface area contributed by atoms with Gasteiger partial charge in [-0.3, -0.25) is 4.79 Å². The second-order valence-electron chi connectivity index (χ2n) is 5.41. The van der Waals surface area contributed by atoms with Gasteiger partial charge in [0.15, 0.2) is 0 Å². The van der Waals surface area contributed by atoms with Crippen LogP contribution in [0.4, 0.5) is 5.69 Å². The number of carbonyl (C=O) groups excluding carboxylic acids is 1. The lowest BCUT2D eigenvalue weighted by Gasteiger charge is -2.19. The van der Waals surface area contributed by atoms with Crippen molar-refractivity contribution < 1.29 is 4.79 Å². The molecule has 1 saturated carbocycles. The van der Waals surface area contributed by atoms with E-state index in [1.54, 1.807) is 0 Å². The lowest BCUT2D eigenvalue weighted by molar-refractivity contribution is -0.116. The standard InChI is InChI=1S/C16H25N3O/c1-2-19(15-9-10-15)11-3-4-16(20)18-14-7-5-13(12-17)6-8-14/h5-8,15H,2-4,9-12,17H2,1H3,(H,18,20). The Balaban J connectivity index is 1.68. The maximum absolute atomic E-state index is 11.9. The number of carbonyl (C=O) groups is 1. The van der Waals surface area contributed by atoms with Crippen LogP contribution in [-0.4, -0.2) is 29.9 Å². The van der Waals surface area contributed by atoms with Crippen molar-refractivity contribution in [2.24, 2.45) is 5.73 Å². The van der Waals surface area contributed by atoms with E-state index in [9.17, 15) is 4.79 Å². The zero-order valence-corrected chi connectivity index (χ0v) is 12.3. The summed E-state index contributed by atoms with van der Waals surface area (Å²) in [7, 11) is 0. The highest BCUT2D eigenvalue weighted by Crippen LogP contribution is 2.26. The Morgan fingerprint density at radius 2 is 2.05 bits per heavy atom. The molecule has 0 unspecified atom stereocenters. The Hall–Kier alpha value is -1.39. The first-order chi connectivity index (χ1) is 9.72. The Kier molecular flexibility index (Phi) is 5.56. The molecular formula is C16H25N3O. The molecule has 1 aromatic carbocycles. The van der Waals surface area contributed by atoms with Gasteiger partial charge in [0.05, 0.1) is 0 Å². The Morgan fingerprint density at radius 1 is 1.35 bits per heavy atom. The van der Waals surface area contributed by atoms with Crippen molar-refractivity contribution in [3.8, 4) is 0 Å². The van der Waals surface area contributed by atoms with Crippen LogP contribution < -0.4 is 11.1 Å². The first-order valence-corrected chi connectivity index (χ1v) is 7.56. The van der Waals surface area contributed by atoms with Gasteiger partial charge in [0.25, 0.3) is 0 Å². The summed E-state index contributed by atoms with van der Waals surface area (Å²) in [5.41, 5.74) is 7.47. The van der Waals surface area contributed by atoms with Gasteiger partial charge < -0.3 is 16.0 Å². The van der Waals surface area contributed by atoms with Crippen molar-refractivity contribution in [2.75, 3.05) is 18.4 Å². The van der Waals surface area contributed by atoms with Crippen LogP contribution in [0.1, 0.15) is 38.2 Å². The van der Waals surface area contributed by atoms with Crippen LogP contribution in [-0.2, 0) is 11.3 Å². The molecule has 0 heterocycles. The molecule has 1 aromatic rings. The predicted molar refractivity (Wildman–Crippen MR) is 82.5 cm³/mol. The van der Waals surface area contributed by atoms with Crippen LogP contribution in [0.3, 0.4) is 0 Å². The smallest absolute Gasteiger partial charge is 0.224 e. The minimum Gasteiger partial charge on any atom is -0.326 e. The Morgan fingerprint density at radius 3 is 2.60 bits per heavy atom. The van der Waals surface area contributed by atoms with E-state index in [1.165, 1.54) is 12.8 Å². The minimum atomic E-state index is 0.0948. The van der Waals surface area contributed by atoms with Gasteiger partial charge in [-0.05, 0) is 50.0 Å². The van der Waals surface area contributed by atoms with E-state index in [-0.39, 0.29) is 5.91 Å². The fourth-order valence-electron chi connectivity index (χ4n) is 2.43. The van der Waals surface area contributed by atoms with E-state index in [0.717, 1.165) is 36.8 Å². The minimum absolute atomic E-state index is 0.0948. The highest BCUT2D eigenvalue weighted by atomic mass is 16.1. The summed E-state index contributed by atoms with van der Waals surface area (Å²) in [6.45, 7) is 4.84. The molecule has 0 spiro atoms. The van der Waals surface area contributed by atoms with E-state index in [2.05, 4.69) is 17.1 Å². The lowest BCUT2D eigenvalue weighted by Crippen LogP contribution is -2.27. The van der Waals surface area contributed by atoms with E-state index < -0.39 is 0 Å². The fraction of sp³-hybridized carbons (Fsp3) is 0.562. The van der Waals surface area contributed by atoms with E-state index in [1.807, 2.05) is 24.3 Å². The quantitative estimate of drug-likeness (QED) is 0.765. The van der Waals surface area contributed by atoms with Crippen LogP contribution in [0.15, 0.2) is 24.3 Å². The first-order valence-electron chi connectivity index (χ1n) is 7.56. The monoisotopic (exact) mass is 275 g/mol. The second-order valence-corrected chi connectivity index (χ2v) is 5.41. The highest BCUT2D eigenvalue weighted by Gasteiger charge is 2.27. The van der Waals surface area contributed by atoms with Gasteiger partial charge in [-0.15, -0.1) is 0 Å². The molecule has 3 N–H and O–H groups in total. The number of nitrogens with two attached hydrogens (primary N) is 1. The predicted octanol–water partition coefficient (Wildman–Crippen LogP) is 2.35. The molecular weight excluding hydrogens is 250 g/mol. The fourth-order valence-corrected chi connectivity index (χ4v) is 2.43. The largest absolute Gasteiger partial charge is 0.326 e. The Labute approximate surface area is 121 Å². The molecule has 2 rings (SSSR count). The molecule has 4 nitrogen and oxygen atoms in total. The molecule has 0 radical (unpaired) electrons. The van der Waals surface area contributed by atoms with Crippen molar-refractivity contribution in [3.05, 3.63) is 29.8 Å². The van der Waals surface area contributed by atoms with Crippen LogP contribution >= 0.6 is 0 Å². The average Bonchev–Trinajstić information content (AvgIpc) is 3.29. The topological polar surface area (TPSA) is 58.4 Å². The number of nitrogens with zero attached hydrogens (tertiary/aromatic N) is 1. The third-order valence-corrected chi connectivity index (χ3v) is 3.79. The molecule has 0 aromatic heterocycles. The van der Waals surface area contributed by atoms with Gasteiger partial charge in [0, 0.05) is 24.7 Å². The summed E-state index contributed by atoms with van der Waals surface area (Å²) in [5.74, 6) is 0.0948. The summed E-state index contributed by atoms with van der Waals surface area (Å²) in [4.78, 5) is 14.3. The van der Waals surface area contributed by atoms with Crippen LogP contribution in [0.5, 0.6) is 0 Å². The van der Waals surface area contributed by atoms with Crippen LogP contribution in [0.2, 0.25) is 0 Å². The maximum atomic E-state index is 11.9. The molecule has 1 amide bonds. The summed E-state index contributed by atoms with van der Waals surface area (Å²) >= 11 is 0. The number of hydrogen-bond donors (Lipinski definition) is 2. The van der Waals surface area contributed by atoms with Gasteiger partial charge in [0.2, 0.25) is 5.91 Å². The van der Waals surface area contributed by atoms with Gasteiger partial charge in [-0.1, -0.05) is 19.1 Å². The molecule has 20 heavy (non-hydrogen) atoms. The van der Waals surface area contributed by atoms with Crippen molar-refractivity contribution in [1.29, 1.82) is 0 Å². The maximum Gasteiger partial charge on any atom is 0.224 e. The van der Waals surface area contributed by atoms with Crippen LogP contribution in [0.25, 0.3) is 0 Å². The molecule has 0 aliphatic heterocycles. The molecule has 1 aliphatic carbocycles. The lowest BCUT2D eigenvalue weighted by atomic mass is 10.2. The van der Waals surface area contributed by atoms with E-state index in [4.69, 9.17) is 5.73 Å².